The first-order valence-electron chi connectivity index (χ1n) is 9.24. The van der Waals surface area contributed by atoms with Crippen molar-refractivity contribution in [2.45, 2.75) is 0 Å². The summed E-state index contributed by atoms with van der Waals surface area (Å²) in [5, 5.41) is 4.01. The van der Waals surface area contributed by atoms with Crippen LogP contribution in [0.2, 0.25) is 0 Å². The second-order valence-electron chi connectivity index (χ2n) is 6.36. The predicted molar refractivity (Wildman–Crippen MR) is 138 cm³/mol. The van der Waals surface area contributed by atoms with E-state index in [1.807, 2.05) is 28.7 Å². The summed E-state index contributed by atoms with van der Waals surface area (Å²) < 4.78 is 17.7. The normalized spacial score (nSPS) is 10.6. The minimum Gasteiger partial charge on any atom is -0.497 e. The average molecular weight is 656 g/mol. The first kappa shape index (κ1) is 24.0. The van der Waals surface area contributed by atoms with Crippen LogP contribution >= 0.6 is 45.2 Å². The average Bonchev–Trinajstić information content (AvgIpc) is 2.80. The van der Waals surface area contributed by atoms with Crippen molar-refractivity contribution in [1.82, 2.24) is 5.43 Å². The van der Waals surface area contributed by atoms with Gasteiger partial charge in [0.05, 0.1) is 29.6 Å². The lowest BCUT2D eigenvalue weighted by Gasteiger charge is -2.12. The number of hydrogen-bond acceptors (Lipinski definition) is 6. The number of methoxy groups -OCH3 is 2. The molecule has 0 atom stereocenters. The van der Waals surface area contributed by atoms with Crippen molar-refractivity contribution in [2.75, 3.05) is 14.2 Å². The Morgan fingerprint density at radius 3 is 2.34 bits per heavy atom. The Morgan fingerprint density at radius 2 is 1.69 bits per heavy atom. The van der Waals surface area contributed by atoms with Crippen LogP contribution in [-0.4, -0.2) is 32.3 Å². The lowest BCUT2D eigenvalue weighted by Crippen LogP contribution is -2.17. The molecule has 0 heterocycles. The van der Waals surface area contributed by atoms with Crippen molar-refractivity contribution in [3.05, 3.63) is 84.5 Å². The maximum absolute atomic E-state index is 12.5. The fourth-order valence-electron chi connectivity index (χ4n) is 2.65. The summed E-state index contributed by atoms with van der Waals surface area (Å²) in [6.45, 7) is 0. The Kier molecular flexibility index (Phi) is 8.45. The second-order valence-corrected chi connectivity index (χ2v) is 8.77. The molecule has 0 aliphatic carbocycles. The number of rotatable bonds is 7. The molecule has 0 saturated carbocycles. The van der Waals surface area contributed by atoms with E-state index in [0.29, 0.717) is 37.5 Å². The number of esters is 1. The highest BCUT2D eigenvalue weighted by Gasteiger charge is 2.17. The predicted octanol–water partition coefficient (Wildman–Crippen LogP) is 4.90. The summed E-state index contributed by atoms with van der Waals surface area (Å²) in [7, 11) is 3.04. The van der Waals surface area contributed by atoms with Crippen molar-refractivity contribution >= 4 is 63.3 Å². The van der Waals surface area contributed by atoms with Crippen LogP contribution in [0, 0.1) is 7.14 Å². The molecule has 164 valence electrons. The zero-order valence-corrected chi connectivity index (χ0v) is 21.4. The summed E-state index contributed by atoms with van der Waals surface area (Å²) in [5.41, 5.74) is 4.06. The molecule has 1 amide bonds. The Balaban J connectivity index is 1.73. The maximum Gasteiger partial charge on any atom is 0.343 e. The van der Waals surface area contributed by atoms with Crippen LogP contribution in [-0.2, 0) is 0 Å². The number of ether oxygens (including phenoxy) is 3. The van der Waals surface area contributed by atoms with Gasteiger partial charge < -0.3 is 14.2 Å². The molecule has 0 unspecified atom stereocenters. The van der Waals surface area contributed by atoms with E-state index in [1.165, 1.54) is 13.3 Å². The molecule has 0 radical (unpaired) electrons. The number of benzene rings is 3. The van der Waals surface area contributed by atoms with E-state index in [-0.39, 0.29) is 5.91 Å². The van der Waals surface area contributed by atoms with E-state index < -0.39 is 5.97 Å². The van der Waals surface area contributed by atoms with E-state index in [4.69, 9.17) is 14.2 Å². The van der Waals surface area contributed by atoms with Crippen molar-refractivity contribution in [3.8, 4) is 17.2 Å². The van der Waals surface area contributed by atoms with Gasteiger partial charge >= 0.3 is 5.97 Å². The minimum absolute atomic E-state index is 0.300. The second kappa shape index (κ2) is 11.3. The zero-order chi connectivity index (χ0) is 23.1. The van der Waals surface area contributed by atoms with E-state index in [2.05, 4.69) is 33.1 Å². The molecule has 32 heavy (non-hydrogen) atoms. The molecule has 9 heteroatoms. The highest BCUT2D eigenvalue weighted by molar-refractivity contribution is 14.1. The molecule has 3 aromatic carbocycles. The summed E-state index contributed by atoms with van der Waals surface area (Å²) in [6.07, 6.45) is 1.49. The molecule has 0 fully saturated rings. The number of nitrogens with zero attached hydrogens (tertiary/aromatic N) is 1. The van der Waals surface area contributed by atoms with Gasteiger partial charge in [0.1, 0.15) is 5.75 Å². The number of hydrazone groups is 1. The molecule has 0 bridgehead atoms. The lowest BCUT2D eigenvalue weighted by molar-refractivity contribution is 0.0728. The maximum atomic E-state index is 12.5. The summed E-state index contributed by atoms with van der Waals surface area (Å²) >= 11 is 4.19. The first-order chi connectivity index (χ1) is 15.4. The van der Waals surface area contributed by atoms with Crippen LogP contribution in [0.5, 0.6) is 17.2 Å². The van der Waals surface area contributed by atoms with Gasteiger partial charge in [-0.15, -0.1) is 0 Å². The standard InChI is InChI=1S/C23H18I2N2O5/c1-30-18-8-6-15(7-9-18)23(29)32-21-19(25)10-14(11-20(21)31-2)13-26-27-22(28)16-4-3-5-17(24)12-16/h3-13H,1-2H3,(H,27,28)/b26-13-. The van der Waals surface area contributed by atoms with Crippen molar-refractivity contribution in [3.63, 3.8) is 0 Å². The highest BCUT2D eigenvalue weighted by atomic mass is 127. The van der Waals surface area contributed by atoms with Gasteiger partial charge in [0.2, 0.25) is 0 Å². The molecule has 0 saturated heterocycles. The van der Waals surface area contributed by atoms with Crippen LogP contribution in [0.4, 0.5) is 0 Å². The molecular formula is C23H18I2N2O5. The smallest absolute Gasteiger partial charge is 0.343 e. The number of carbonyl (C=O) groups excluding carboxylic acids is 2. The number of halogens is 2. The van der Waals surface area contributed by atoms with Crippen molar-refractivity contribution < 1.29 is 23.8 Å². The fraction of sp³-hybridized carbons (Fsp3) is 0.0870. The monoisotopic (exact) mass is 656 g/mol. The lowest BCUT2D eigenvalue weighted by atomic mass is 10.2. The van der Waals surface area contributed by atoms with Gasteiger partial charge in [0.15, 0.2) is 11.5 Å². The third kappa shape index (κ3) is 6.19. The van der Waals surface area contributed by atoms with Crippen LogP contribution < -0.4 is 19.6 Å². The van der Waals surface area contributed by atoms with Gasteiger partial charge in [-0.25, -0.2) is 10.2 Å². The number of nitrogens with one attached hydrogen (secondary N) is 1. The van der Waals surface area contributed by atoms with E-state index in [0.717, 1.165) is 3.57 Å². The molecule has 3 rings (SSSR count). The van der Waals surface area contributed by atoms with E-state index >= 15 is 0 Å². The quantitative estimate of drug-likeness (QED) is 0.129. The first-order valence-corrected chi connectivity index (χ1v) is 11.4. The van der Waals surface area contributed by atoms with Crippen LogP contribution in [0.3, 0.4) is 0 Å². The van der Waals surface area contributed by atoms with Gasteiger partial charge in [-0.1, -0.05) is 6.07 Å². The topological polar surface area (TPSA) is 86.2 Å². The minimum atomic E-state index is -0.518. The van der Waals surface area contributed by atoms with Crippen molar-refractivity contribution in [2.24, 2.45) is 5.10 Å². The van der Waals surface area contributed by atoms with Gasteiger partial charge in [-0.3, -0.25) is 4.79 Å². The largest absolute Gasteiger partial charge is 0.497 e. The Hall–Kier alpha value is -2.67. The third-order valence-corrected chi connectivity index (χ3v) is 5.71. The molecule has 3 aromatic rings. The SMILES string of the molecule is COc1ccc(C(=O)Oc2c(I)cc(/C=N\NC(=O)c3cccc(I)c3)cc2OC)cc1. The highest BCUT2D eigenvalue weighted by Crippen LogP contribution is 2.34. The Morgan fingerprint density at radius 1 is 0.938 bits per heavy atom. The Bertz CT molecular complexity index is 1160. The summed E-state index contributed by atoms with van der Waals surface area (Å²) in [5.74, 6) is 0.478. The van der Waals surface area contributed by atoms with Crippen LogP contribution in [0.25, 0.3) is 0 Å². The molecule has 7 nitrogen and oxygen atoms in total. The van der Waals surface area contributed by atoms with Crippen LogP contribution in [0.1, 0.15) is 26.3 Å². The number of hydrogen-bond donors (Lipinski definition) is 1. The van der Waals surface area contributed by atoms with Gasteiger partial charge in [-0.05, 0) is 105 Å². The summed E-state index contributed by atoms with van der Waals surface area (Å²) in [6, 6.07) is 17.2. The van der Waals surface area contributed by atoms with Crippen molar-refractivity contribution in [1.29, 1.82) is 0 Å². The van der Waals surface area contributed by atoms with Crippen LogP contribution in [0.15, 0.2) is 65.8 Å². The van der Waals surface area contributed by atoms with E-state index in [1.54, 1.807) is 61.7 Å². The van der Waals surface area contributed by atoms with Gasteiger partial charge in [-0.2, -0.15) is 5.10 Å². The molecule has 1 N–H and O–H groups in total. The number of carbonyl (C=O) groups is 2. The molecular weight excluding hydrogens is 638 g/mol. The van der Waals surface area contributed by atoms with Gasteiger partial charge in [0.25, 0.3) is 5.91 Å². The van der Waals surface area contributed by atoms with E-state index in [9.17, 15) is 9.59 Å². The molecule has 0 aliphatic heterocycles. The summed E-state index contributed by atoms with van der Waals surface area (Å²) in [4.78, 5) is 24.7. The third-order valence-electron chi connectivity index (χ3n) is 4.24. The zero-order valence-electron chi connectivity index (χ0n) is 17.1. The molecule has 0 aromatic heterocycles. The fourth-order valence-corrected chi connectivity index (χ4v) is 3.93. The van der Waals surface area contributed by atoms with Gasteiger partial charge in [0, 0.05) is 9.13 Å². The number of amides is 1. The molecule has 0 aliphatic rings. The molecule has 0 spiro atoms. The Labute approximate surface area is 212 Å².